The van der Waals surface area contributed by atoms with Gasteiger partial charge in [-0.3, -0.25) is 4.68 Å². The highest BCUT2D eigenvalue weighted by Gasteiger charge is 2.15. The maximum Gasteiger partial charge on any atom is 0.0839 e. The number of aryl methyl sites for hydroxylation is 2. The summed E-state index contributed by atoms with van der Waals surface area (Å²) in [6, 6.07) is 8.19. The summed E-state index contributed by atoms with van der Waals surface area (Å²) >= 11 is 6.15. The minimum atomic E-state index is 0.0781. The third kappa shape index (κ3) is 2.51. The summed E-state index contributed by atoms with van der Waals surface area (Å²) in [6.07, 6.45) is 1.94. The van der Waals surface area contributed by atoms with Gasteiger partial charge in [-0.05, 0) is 37.2 Å². The van der Waals surface area contributed by atoms with Gasteiger partial charge in [0.15, 0.2) is 0 Å². The lowest BCUT2D eigenvalue weighted by Gasteiger charge is -2.15. The average molecular weight is 250 g/mol. The number of halogens is 1. The van der Waals surface area contributed by atoms with Crippen LogP contribution in [0.25, 0.3) is 0 Å². The van der Waals surface area contributed by atoms with Crippen molar-refractivity contribution in [1.29, 1.82) is 0 Å². The molecule has 1 aromatic heterocycles. The monoisotopic (exact) mass is 249 g/mol. The minimum absolute atomic E-state index is 0.0781. The van der Waals surface area contributed by atoms with Gasteiger partial charge in [0.25, 0.3) is 0 Å². The van der Waals surface area contributed by atoms with Crippen LogP contribution in [0.2, 0.25) is 5.02 Å². The van der Waals surface area contributed by atoms with Gasteiger partial charge >= 0.3 is 0 Å². The number of aromatic nitrogens is 2. The molecule has 1 atom stereocenters. The molecule has 1 N–H and O–H groups in total. The molecule has 3 nitrogen and oxygen atoms in total. The molecule has 1 aromatic carbocycles. The molecule has 2 rings (SSSR count). The van der Waals surface area contributed by atoms with Gasteiger partial charge in [0.2, 0.25) is 0 Å². The fourth-order valence-corrected chi connectivity index (χ4v) is 2.05. The van der Waals surface area contributed by atoms with E-state index in [-0.39, 0.29) is 6.04 Å². The molecule has 0 saturated heterocycles. The molecule has 0 aliphatic rings. The molecule has 0 amide bonds. The second kappa shape index (κ2) is 4.90. The molecule has 0 spiro atoms. The Kier molecular flexibility index (Phi) is 3.50. The summed E-state index contributed by atoms with van der Waals surface area (Å²) in [7, 11) is 3.84. The second-order valence-electron chi connectivity index (χ2n) is 4.14. The van der Waals surface area contributed by atoms with E-state index >= 15 is 0 Å². The first-order chi connectivity index (χ1) is 8.11. The Morgan fingerprint density at radius 3 is 2.65 bits per heavy atom. The quantitative estimate of drug-likeness (QED) is 0.907. The van der Waals surface area contributed by atoms with E-state index in [1.807, 2.05) is 45.4 Å². The number of benzene rings is 1. The van der Waals surface area contributed by atoms with Crippen molar-refractivity contribution in [3.05, 3.63) is 52.3 Å². The Labute approximate surface area is 106 Å². The molecular formula is C13H16ClN3. The summed E-state index contributed by atoms with van der Waals surface area (Å²) in [5, 5.41) is 8.47. The van der Waals surface area contributed by atoms with Crippen LogP contribution in [0.1, 0.15) is 22.9 Å². The normalized spacial score (nSPS) is 12.7. The highest BCUT2D eigenvalue weighted by Crippen LogP contribution is 2.24. The molecule has 0 aliphatic heterocycles. The fraction of sp³-hybridized carbons (Fsp3) is 0.308. The lowest BCUT2D eigenvalue weighted by atomic mass is 10.0. The zero-order chi connectivity index (χ0) is 12.4. The van der Waals surface area contributed by atoms with Gasteiger partial charge in [0.05, 0.1) is 11.7 Å². The summed E-state index contributed by atoms with van der Waals surface area (Å²) in [5.74, 6) is 0. The van der Waals surface area contributed by atoms with Crippen LogP contribution in [-0.2, 0) is 7.05 Å². The summed E-state index contributed by atoms with van der Waals surface area (Å²) in [5.41, 5.74) is 3.21. The number of hydrogen-bond acceptors (Lipinski definition) is 2. The Hall–Kier alpha value is -1.32. The van der Waals surface area contributed by atoms with Crippen molar-refractivity contribution in [3.8, 4) is 0 Å². The molecule has 0 aliphatic carbocycles. The molecule has 0 bridgehead atoms. The second-order valence-corrected chi connectivity index (χ2v) is 4.55. The summed E-state index contributed by atoms with van der Waals surface area (Å²) in [4.78, 5) is 0. The number of nitrogens with zero attached hydrogens (tertiary/aromatic N) is 2. The number of rotatable bonds is 3. The molecule has 4 heteroatoms. The van der Waals surface area contributed by atoms with Crippen LogP contribution in [0.5, 0.6) is 0 Å². The third-order valence-corrected chi connectivity index (χ3v) is 3.26. The highest BCUT2D eigenvalue weighted by atomic mass is 35.5. The van der Waals surface area contributed by atoms with Crippen LogP contribution in [0.4, 0.5) is 0 Å². The molecular weight excluding hydrogens is 234 g/mol. The standard InChI is InChI=1S/C13H16ClN3/c1-9-4-5-10(8-11(9)14)13(15-2)12-6-7-17(3)16-12/h4-8,13,15H,1-3H3. The van der Waals surface area contributed by atoms with Crippen molar-refractivity contribution in [1.82, 2.24) is 15.1 Å². The van der Waals surface area contributed by atoms with Crippen LogP contribution in [0, 0.1) is 6.92 Å². The minimum Gasteiger partial charge on any atom is -0.308 e. The highest BCUT2D eigenvalue weighted by molar-refractivity contribution is 6.31. The third-order valence-electron chi connectivity index (χ3n) is 2.85. The zero-order valence-corrected chi connectivity index (χ0v) is 11.0. The molecule has 1 heterocycles. The van der Waals surface area contributed by atoms with E-state index in [9.17, 15) is 0 Å². The Bertz CT molecular complexity index is 519. The first-order valence-corrected chi connectivity index (χ1v) is 5.92. The zero-order valence-electron chi connectivity index (χ0n) is 10.2. The molecule has 2 aromatic rings. The van der Waals surface area contributed by atoms with Gasteiger partial charge in [-0.25, -0.2) is 0 Å². The molecule has 0 saturated carbocycles. The first kappa shape index (κ1) is 12.1. The topological polar surface area (TPSA) is 29.9 Å². The van der Waals surface area contributed by atoms with E-state index in [0.717, 1.165) is 21.8 Å². The molecule has 0 radical (unpaired) electrons. The van der Waals surface area contributed by atoms with Crippen LogP contribution < -0.4 is 5.32 Å². The largest absolute Gasteiger partial charge is 0.308 e. The molecule has 0 fully saturated rings. The van der Waals surface area contributed by atoms with Crippen LogP contribution in [0.15, 0.2) is 30.5 Å². The average Bonchev–Trinajstić information content (AvgIpc) is 2.71. The Balaban J connectivity index is 2.38. The van der Waals surface area contributed by atoms with Crippen molar-refractivity contribution < 1.29 is 0 Å². The van der Waals surface area contributed by atoms with Gasteiger partial charge in [0.1, 0.15) is 0 Å². The van der Waals surface area contributed by atoms with Gasteiger partial charge in [-0.1, -0.05) is 23.7 Å². The lowest BCUT2D eigenvalue weighted by Crippen LogP contribution is -2.18. The van der Waals surface area contributed by atoms with Gasteiger partial charge in [-0.15, -0.1) is 0 Å². The van der Waals surface area contributed by atoms with Crippen LogP contribution in [0.3, 0.4) is 0 Å². The Morgan fingerprint density at radius 2 is 2.12 bits per heavy atom. The predicted octanol–water partition coefficient (Wildman–Crippen LogP) is 2.69. The van der Waals surface area contributed by atoms with E-state index < -0.39 is 0 Å². The van der Waals surface area contributed by atoms with E-state index in [1.54, 1.807) is 4.68 Å². The SMILES string of the molecule is CNC(c1ccc(C)c(Cl)c1)c1ccn(C)n1. The summed E-state index contributed by atoms with van der Waals surface area (Å²) < 4.78 is 1.80. The van der Waals surface area contributed by atoms with Crippen molar-refractivity contribution >= 4 is 11.6 Å². The van der Waals surface area contributed by atoms with Crippen LogP contribution >= 0.6 is 11.6 Å². The van der Waals surface area contributed by atoms with E-state index in [2.05, 4.69) is 16.5 Å². The van der Waals surface area contributed by atoms with Crippen molar-refractivity contribution in [2.75, 3.05) is 7.05 Å². The number of nitrogens with one attached hydrogen (secondary N) is 1. The number of hydrogen-bond donors (Lipinski definition) is 1. The summed E-state index contributed by atoms with van der Waals surface area (Å²) in [6.45, 7) is 2.00. The predicted molar refractivity (Wildman–Crippen MR) is 70.3 cm³/mol. The van der Waals surface area contributed by atoms with Crippen molar-refractivity contribution in [3.63, 3.8) is 0 Å². The van der Waals surface area contributed by atoms with Crippen LogP contribution in [-0.4, -0.2) is 16.8 Å². The van der Waals surface area contributed by atoms with Gasteiger partial charge < -0.3 is 5.32 Å². The maximum atomic E-state index is 6.15. The Morgan fingerprint density at radius 1 is 1.35 bits per heavy atom. The molecule has 1 unspecified atom stereocenters. The smallest absolute Gasteiger partial charge is 0.0839 e. The van der Waals surface area contributed by atoms with E-state index in [0.29, 0.717) is 0 Å². The van der Waals surface area contributed by atoms with Gasteiger partial charge in [-0.2, -0.15) is 5.10 Å². The fourth-order valence-electron chi connectivity index (χ4n) is 1.86. The van der Waals surface area contributed by atoms with E-state index in [4.69, 9.17) is 11.6 Å². The van der Waals surface area contributed by atoms with E-state index in [1.165, 1.54) is 0 Å². The maximum absolute atomic E-state index is 6.15. The van der Waals surface area contributed by atoms with Crippen molar-refractivity contribution in [2.45, 2.75) is 13.0 Å². The molecule has 90 valence electrons. The molecule has 17 heavy (non-hydrogen) atoms. The van der Waals surface area contributed by atoms with Gasteiger partial charge in [0, 0.05) is 18.3 Å². The van der Waals surface area contributed by atoms with Crippen molar-refractivity contribution in [2.24, 2.45) is 7.05 Å². The first-order valence-electron chi connectivity index (χ1n) is 5.54. The lowest BCUT2D eigenvalue weighted by molar-refractivity contribution is 0.642.